The van der Waals surface area contributed by atoms with Crippen LogP contribution in [0.1, 0.15) is 34.3 Å². The molecule has 0 bridgehead atoms. The molecule has 0 unspecified atom stereocenters. The Morgan fingerprint density at radius 2 is 2.03 bits per heavy atom. The second-order valence-corrected chi connectivity index (χ2v) is 8.61. The summed E-state index contributed by atoms with van der Waals surface area (Å²) in [6.45, 7) is 0.0124. The number of carbonyl (C=O) groups excluding carboxylic acids is 1. The van der Waals surface area contributed by atoms with Crippen molar-refractivity contribution in [3.05, 3.63) is 83.6 Å². The molecule has 2 aromatic carbocycles. The van der Waals surface area contributed by atoms with Crippen LogP contribution in [0.5, 0.6) is 0 Å². The number of benzene rings is 2. The van der Waals surface area contributed by atoms with Crippen molar-refractivity contribution >= 4 is 22.8 Å². The maximum atomic E-state index is 14.9. The second kappa shape index (κ2) is 8.44. The van der Waals surface area contributed by atoms with Gasteiger partial charge in [0.1, 0.15) is 23.3 Å². The lowest BCUT2D eigenvalue weighted by Gasteiger charge is -2.45. The van der Waals surface area contributed by atoms with E-state index in [1.165, 1.54) is 30.3 Å². The quantitative estimate of drug-likeness (QED) is 0.644. The van der Waals surface area contributed by atoms with E-state index in [4.69, 9.17) is 14.1 Å². The standard InChI is InChI=1S/C22H18F2N4O3S/c23-15-6-7-16(17(24)9-15)22-11-30-18(20-28-25-12-31-20)8-14(22)10-32-21(27-22)26-19(29)13-4-2-1-3-5-13/h1-7,9,12,14,18H,8,10-11H2,(H,26,27,29)/t14-,18+,22-/m0/s1. The fraction of sp³-hybridized carbons (Fsp3) is 0.273. The number of thioether (sulfide) groups is 1. The minimum Gasteiger partial charge on any atom is -0.425 e. The molecule has 1 fully saturated rings. The molecular formula is C22H18F2N4O3S. The van der Waals surface area contributed by atoms with Crippen LogP contribution in [0.2, 0.25) is 0 Å². The van der Waals surface area contributed by atoms with Gasteiger partial charge in [-0.2, -0.15) is 0 Å². The number of aromatic nitrogens is 2. The van der Waals surface area contributed by atoms with Gasteiger partial charge in [-0.3, -0.25) is 4.79 Å². The topological polar surface area (TPSA) is 89.6 Å². The molecule has 0 spiro atoms. The molecule has 1 amide bonds. The van der Waals surface area contributed by atoms with Gasteiger partial charge in [-0.05, 0) is 24.6 Å². The number of hydrogen-bond acceptors (Lipinski definition) is 7. The molecule has 2 aliphatic heterocycles. The van der Waals surface area contributed by atoms with E-state index in [0.717, 1.165) is 6.07 Å². The highest BCUT2D eigenvalue weighted by Gasteiger charge is 2.50. The Labute approximate surface area is 186 Å². The largest absolute Gasteiger partial charge is 0.425 e. The minimum atomic E-state index is -1.13. The molecule has 3 heterocycles. The fourth-order valence-corrected chi connectivity index (χ4v) is 5.27. The molecule has 7 nitrogen and oxygen atoms in total. The number of amidine groups is 1. The highest BCUT2D eigenvalue weighted by Crippen LogP contribution is 2.49. The number of hydrogen-bond donors (Lipinski definition) is 1. The van der Waals surface area contributed by atoms with Gasteiger partial charge >= 0.3 is 0 Å². The van der Waals surface area contributed by atoms with Gasteiger partial charge in [0.2, 0.25) is 12.3 Å². The summed E-state index contributed by atoms with van der Waals surface area (Å²) >= 11 is 1.37. The number of aliphatic imine (C=N–C) groups is 1. The van der Waals surface area contributed by atoms with E-state index in [-0.39, 0.29) is 24.0 Å². The summed E-state index contributed by atoms with van der Waals surface area (Å²) < 4.78 is 39.8. The van der Waals surface area contributed by atoms with Gasteiger partial charge in [-0.15, -0.1) is 10.2 Å². The maximum absolute atomic E-state index is 14.9. The highest BCUT2D eigenvalue weighted by atomic mass is 32.2. The van der Waals surface area contributed by atoms with E-state index >= 15 is 0 Å². The van der Waals surface area contributed by atoms with Crippen LogP contribution in [-0.2, 0) is 10.3 Å². The molecule has 10 heteroatoms. The van der Waals surface area contributed by atoms with Gasteiger partial charge in [-0.25, -0.2) is 13.8 Å². The van der Waals surface area contributed by atoms with Crippen LogP contribution >= 0.6 is 11.8 Å². The van der Waals surface area contributed by atoms with Crippen LogP contribution in [0.3, 0.4) is 0 Å². The third-order valence-corrected chi connectivity index (χ3v) is 6.74. The van der Waals surface area contributed by atoms with Crippen molar-refractivity contribution in [3.8, 4) is 0 Å². The smallest absolute Gasteiger partial charge is 0.257 e. The van der Waals surface area contributed by atoms with E-state index in [9.17, 15) is 13.6 Å². The molecule has 164 valence electrons. The Kier molecular flexibility index (Phi) is 5.48. The zero-order valence-electron chi connectivity index (χ0n) is 16.7. The molecule has 2 aliphatic rings. The first-order valence-electron chi connectivity index (χ1n) is 9.97. The highest BCUT2D eigenvalue weighted by molar-refractivity contribution is 8.13. The van der Waals surface area contributed by atoms with Crippen molar-refractivity contribution in [2.45, 2.75) is 18.1 Å². The molecule has 1 saturated heterocycles. The number of rotatable bonds is 3. The molecule has 0 aliphatic carbocycles. The number of ether oxygens (including phenoxy) is 1. The predicted molar refractivity (Wildman–Crippen MR) is 113 cm³/mol. The summed E-state index contributed by atoms with van der Waals surface area (Å²) in [5, 5.41) is 10.8. The Bertz CT molecular complexity index is 1160. The number of amides is 1. The summed E-state index contributed by atoms with van der Waals surface area (Å²) in [4.78, 5) is 17.4. The number of fused-ring (bicyclic) bond motifs is 1. The van der Waals surface area contributed by atoms with Crippen LogP contribution < -0.4 is 5.32 Å². The van der Waals surface area contributed by atoms with Crippen LogP contribution in [0, 0.1) is 17.6 Å². The molecule has 1 N–H and O–H groups in total. The van der Waals surface area contributed by atoms with E-state index in [0.29, 0.717) is 28.8 Å². The van der Waals surface area contributed by atoms with Gasteiger partial charge < -0.3 is 14.5 Å². The van der Waals surface area contributed by atoms with Crippen LogP contribution in [0.4, 0.5) is 8.78 Å². The van der Waals surface area contributed by atoms with Crippen molar-refractivity contribution in [3.63, 3.8) is 0 Å². The summed E-state index contributed by atoms with van der Waals surface area (Å²) in [5.41, 5.74) is -0.422. The van der Waals surface area contributed by atoms with Crippen LogP contribution in [0.15, 0.2) is 64.3 Å². The zero-order valence-corrected chi connectivity index (χ0v) is 17.5. The number of nitrogens with zero attached hydrogens (tertiary/aromatic N) is 3. The van der Waals surface area contributed by atoms with E-state index in [1.54, 1.807) is 24.3 Å². The summed E-state index contributed by atoms with van der Waals surface area (Å²) in [7, 11) is 0. The van der Waals surface area contributed by atoms with E-state index < -0.39 is 23.3 Å². The lowest BCUT2D eigenvalue weighted by molar-refractivity contribution is -0.0698. The Morgan fingerprint density at radius 1 is 1.19 bits per heavy atom. The van der Waals surface area contributed by atoms with Gasteiger partial charge in [0.15, 0.2) is 5.17 Å². The lowest BCUT2D eigenvalue weighted by atomic mass is 9.75. The first-order valence-corrected chi connectivity index (χ1v) is 11.0. The molecule has 3 aromatic rings. The fourth-order valence-electron chi connectivity index (χ4n) is 4.10. The number of nitrogens with one attached hydrogen (secondary N) is 1. The number of halogens is 2. The molecule has 1 aromatic heterocycles. The maximum Gasteiger partial charge on any atom is 0.257 e. The van der Waals surface area contributed by atoms with Gasteiger partial charge in [-0.1, -0.05) is 36.0 Å². The van der Waals surface area contributed by atoms with Crippen molar-refractivity contribution in [2.75, 3.05) is 12.4 Å². The van der Waals surface area contributed by atoms with Crippen molar-refractivity contribution in [1.29, 1.82) is 0 Å². The second-order valence-electron chi connectivity index (χ2n) is 7.61. The zero-order chi connectivity index (χ0) is 22.1. The van der Waals surface area contributed by atoms with E-state index in [1.807, 2.05) is 6.07 Å². The minimum absolute atomic E-state index is 0.0124. The number of carbonyl (C=O) groups is 1. The van der Waals surface area contributed by atoms with Gasteiger partial charge in [0.25, 0.3) is 5.91 Å². The van der Waals surface area contributed by atoms with Crippen LogP contribution in [-0.4, -0.2) is 33.6 Å². The molecule has 3 atom stereocenters. The summed E-state index contributed by atoms with van der Waals surface area (Å²) in [6, 6.07) is 12.2. The summed E-state index contributed by atoms with van der Waals surface area (Å²) in [6.07, 6.45) is 1.23. The first-order chi connectivity index (χ1) is 15.5. The van der Waals surface area contributed by atoms with Crippen LogP contribution in [0.25, 0.3) is 0 Å². The Hall–Kier alpha value is -3.11. The molecular weight excluding hydrogens is 438 g/mol. The normalized spacial score (nSPS) is 25.0. The molecule has 5 rings (SSSR count). The van der Waals surface area contributed by atoms with Crippen molar-refractivity contribution in [1.82, 2.24) is 15.5 Å². The van der Waals surface area contributed by atoms with Gasteiger partial charge in [0, 0.05) is 28.9 Å². The average molecular weight is 456 g/mol. The van der Waals surface area contributed by atoms with E-state index in [2.05, 4.69) is 15.5 Å². The molecule has 0 radical (unpaired) electrons. The molecule has 0 saturated carbocycles. The predicted octanol–water partition coefficient (Wildman–Crippen LogP) is 3.85. The monoisotopic (exact) mass is 456 g/mol. The molecule has 32 heavy (non-hydrogen) atoms. The third-order valence-electron chi connectivity index (χ3n) is 5.71. The SMILES string of the molecule is O=C(NC1=N[C@@]2(c3ccc(F)cc3F)CO[C@@H](c3nnco3)C[C@H]2CS1)c1ccccc1. The van der Waals surface area contributed by atoms with Crippen molar-refractivity contribution < 1.29 is 22.7 Å². The lowest BCUT2D eigenvalue weighted by Crippen LogP contribution is -2.49. The Balaban J connectivity index is 1.50. The third kappa shape index (κ3) is 3.80. The summed E-state index contributed by atoms with van der Waals surface area (Å²) in [5.74, 6) is -0.986. The first kappa shape index (κ1) is 20.8. The Morgan fingerprint density at radius 3 is 2.78 bits per heavy atom. The average Bonchev–Trinajstić information content (AvgIpc) is 3.34. The van der Waals surface area contributed by atoms with Gasteiger partial charge in [0.05, 0.1) is 6.61 Å². The van der Waals surface area contributed by atoms with Crippen molar-refractivity contribution in [2.24, 2.45) is 10.9 Å².